The number of carbonyl (C=O) groups is 2. The van der Waals surface area contributed by atoms with Crippen molar-refractivity contribution < 1.29 is 36.6 Å². The minimum absolute atomic E-state index is 0.00896. The molecule has 0 unspecified atom stereocenters. The van der Waals surface area contributed by atoms with Crippen molar-refractivity contribution in [3.05, 3.63) is 159 Å². The molecule has 1 aromatic heterocycles. The maximum absolute atomic E-state index is 15.3. The third-order valence-electron chi connectivity index (χ3n) is 8.37. The van der Waals surface area contributed by atoms with Crippen molar-refractivity contribution in [2.45, 2.75) is 31.4 Å². The van der Waals surface area contributed by atoms with E-state index < -0.39 is 69.3 Å². The van der Waals surface area contributed by atoms with Gasteiger partial charge in [0.2, 0.25) is 0 Å². The van der Waals surface area contributed by atoms with E-state index >= 15 is 8.78 Å². The van der Waals surface area contributed by atoms with Crippen molar-refractivity contribution in [1.29, 1.82) is 0 Å². The molecule has 8 nitrogen and oxygen atoms in total. The van der Waals surface area contributed by atoms with Crippen molar-refractivity contribution in [2.24, 2.45) is 0 Å². The molecular formula is C38H31F4N3O5. The van der Waals surface area contributed by atoms with Crippen LogP contribution in [0.2, 0.25) is 0 Å². The first-order valence-electron chi connectivity index (χ1n) is 15.8. The minimum atomic E-state index is -1.22. The molecular weight excluding hydrogens is 654 g/mol. The van der Waals surface area contributed by atoms with Gasteiger partial charge in [0.1, 0.15) is 41.0 Å². The van der Waals surface area contributed by atoms with Gasteiger partial charge in [0, 0.05) is 37.1 Å². The smallest absolute Gasteiger partial charge is 0.328 e. The predicted octanol–water partition coefficient (Wildman–Crippen LogP) is 6.02. The van der Waals surface area contributed by atoms with E-state index in [2.05, 4.69) is 5.32 Å². The first-order valence-corrected chi connectivity index (χ1v) is 15.8. The average molecular weight is 686 g/mol. The second kappa shape index (κ2) is 14.8. The van der Waals surface area contributed by atoms with E-state index in [-0.39, 0.29) is 18.5 Å². The van der Waals surface area contributed by atoms with Crippen LogP contribution in [0.25, 0.3) is 5.69 Å². The summed E-state index contributed by atoms with van der Waals surface area (Å²) in [4.78, 5) is 39.0. The van der Waals surface area contributed by atoms with Crippen LogP contribution in [0.3, 0.4) is 0 Å². The highest BCUT2D eigenvalue weighted by molar-refractivity contribution is 6.11. The SMILES string of the molecule is Nc1c(C(=O)c2ccc(F)cc2F)ccc(=O)n1-c1c(F)cc(OCCCN[C@H](C(=O)OC2Cc3ccccc3C2)c2ccccc2)cc1F. The minimum Gasteiger partial charge on any atom is -0.493 e. The van der Waals surface area contributed by atoms with E-state index in [4.69, 9.17) is 15.2 Å². The number of ketones is 1. The Kier molecular flexibility index (Phi) is 10.1. The van der Waals surface area contributed by atoms with Gasteiger partial charge in [0.05, 0.1) is 17.7 Å². The Bertz CT molecular complexity index is 2070. The number of ether oxygens (including phenoxy) is 2. The molecule has 0 amide bonds. The first-order chi connectivity index (χ1) is 24.1. The monoisotopic (exact) mass is 685 g/mol. The van der Waals surface area contributed by atoms with Crippen molar-refractivity contribution >= 4 is 17.6 Å². The largest absolute Gasteiger partial charge is 0.493 e. The molecule has 12 heteroatoms. The fraction of sp³-hybridized carbons (Fsp3) is 0.184. The van der Waals surface area contributed by atoms with Crippen LogP contribution in [0.1, 0.15) is 45.1 Å². The van der Waals surface area contributed by atoms with Gasteiger partial charge in [0.15, 0.2) is 17.4 Å². The highest BCUT2D eigenvalue weighted by atomic mass is 19.1. The molecule has 0 aliphatic heterocycles. The lowest BCUT2D eigenvalue weighted by molar-refractivity contribution is -0.151. The van der Waals surface area contributed by atoms with E-state index in [1.54, 1.807) is 0 Å². The lowest BCUT2D eigenvalue weighted by Crippen LogP contribution is -2.34. The van der Waals surface area contributed by atoms with Crippen LogP contribution in [-0.2, 0) is 22.4 Å². The summed E-state index contributed by atoms with van der Waals surface area (Å²) >= 11 is 0. The van der Waals surface area contributed by atoms with Gasteiger partial charge >= 0.3 is 5.97 Å². The van der Waals surface area contributed by atoms with Crippen molar-refractivity contribution in [3.63, 3.8) is 0 Å². The molecule has 0 saturated carbocycles. The first kappa shape index (κ1) is 34.1. The molecule has 1 aliphatic rings. The predicted molar refractivity (Wildman–Crippen MR) is 177 cm³/mol. The Hall–Kier alpha value is -5.75. The molecule has 256 valence electrons. The van der Waals surface area contributed by atoms with E-state index in [9.17, 15) is 23.2 Å². The maximum atomic E-state index is 15.3. The van der Waals surface area contributed by atoms with Crippen molar-refractivity contribution in [1.82, 2.24) is 9.88 Å². The van der Waals surface area contributed by atoms with E-state index in [0.29, 0.717) is 36.4 Å². The molecule has 4 aromatic carbocycles. The molecule has 0 fully saturated rings. The number of pyridine rings is 1. The summed E-state index contributed by atoms with van der Waals surface area (Å²) < 4.78 is 70.2. The van der Waals surface area contributed by atoms with Gasteiger partial charge in [-0.05, 0) is 47.9 Å². The number of aromatic nitrogens is 1. The number of nitrogens with two attached hydrogens (primary N) is 1. The third kappa shape index (κ3) is 7.30. The number of nitrogens with one attached hydrogen (secondary N) is 1. The molecule has 1 aliphatic carbocycles. The topological polar surface area (TPSA) is 113 Å². The summed E-state index contributed by atoms with van der Waals surface area (Å²) in [7, 11) is 0. The van der Waals surface area contributed by atoms with Crippen LogP contribution in [0, 0.1) is 23.3 Å². The summed E-state index contributed by atoms with van der Waals surface area (Å²) in [6.45, 7) is 0.305. The number of hydrogen-bond donors (Lipinski definition) is 2. The van der Waals surface area contributed by atoms with E-state index in [0.717, 1.165) is 53.1 Å². The number of anilines is 1. The van der Waals surface area contributed by atoms with Gasteiger partial charge in [-0.25, -0.2) is 22.4 Å². The number of benzene rings is 4. The zero-order valence-electron chi connectivity index (χ0n) is 26.5. The maximum Gasteiger partial charge on any atom is 0.328 e. The van der Waals surface area contributed by atoms with Gasteiger partial charge < -0.3 is 20.5 Å². The lowest BCUT2D eigenvalue weighted by Gasteiger charge is -2.21. The fourth-order valence-corrected chi connectivity index (χ4v) is 5.96. The number of carbonyl (C=O) groups excluding carboxylic acids is 2. The Labute approximate surface area is 284 Å². The highest BCUT2D eigenvalue weighted by Gasteiger charge is 2.29. The molecule has 50 heavy (non-hydrogen) atoms. The van der Waals surface area contributed by atoms with Crippen molar-refractivity contribution in [2.75, 3.05) is 18.9 Å². The second-order valence-corrected chi connectivity index (χ2v) is 11.7. The van der Waals surface area contributed by atoms with Gasteiger partial charge in [-0.2, -0.15) is 0 Å². The molecule has 5 aromatic rings. The molecule has 0 radical (unpaired) electrons. The van der Waals surface area contributed by atoms with E-state index in [1.807, 2.05) is 54.6 Å². The molecule has 0 spiro atoms. The molecule has 1 atom stereocenters. The number of hydrogen-bond acceptors (Lipinski definition) is 7. The van der Waals surface area contributed by atoms with Gasteiger partial charge in [-0.15, -0.1) is 0 Å². The zero-order chi connectivity index (χ0) is 35.4. The highest BCUT2D eigenvalue weighted by Crippen LogP contribution is 2.28. The van der Waals surface area contributed by atoms with Crippen LogP contribution in [0.4, 0.5) is 23.4 Å². The second-order valence-electron chi connectivity index (χ2n) is 11.7. The number of halogens is 4. The van der Waals surface area contributed by atoms with E-state index in [1.165, 1.54) is 0 Å². The normalized spacial score (nSPS) is 13.1. The summed E-state index contributed by atoms with van der Waals surface area (Å²) in [5.41, 5.74) is 6.25. The number of nitrogen functional groups attached to an aromatic ring is 1. The summed E-state index contributed by atoms with van der Waals surface area (Å²) in [6, 6.07) is 22.1. The zero-order valence-corrected chi connectivity index (χ0v) is 26.5. The number of esters is 1. The van der Waals surface area contributed by atoms with Crippen LogP contribution in [0.5, 0.6) is 5.75 Å². The molecule has 0 bridgehead atoms. The van der Waals surface area contributed by atoms with Crippen molar-refractivity contribution in [3.8, 4) is 11.4 Å². The number of rotatable bonds is 12. The van der Waals surface area contributed by atoms with Gasteiger partial charge in [-0.3, -0.25) is 14.2 Å². The average Bonchev–Trinajstić information content (AvgIpc) is 3.50. The van der Waals surface area contributed by atoms with Gasteiger partial charge in [0.25, 0.3) is 5.56 Å². The fourth-order valence-electron chi connectivity index (χ4n) is 5.96. The summed E-state index contributed by atoms with van der Waals surface area (Å²) in [5, 5.41) is 3.19. The van der Waals surface area contributed by atoms with Crippen LogP contribution >= 0.6 is 0 Å². The lowest BCUT2D eigenvalue weighted by atomic mass is 10.0. The van der Waals surface area contributed by atoms with Crippen LogP contribution in [0.15, 0.2) is 102 Å². The molecule has 3 N–H and O–H groups in total. The Morgan fingerprint density at radius 2 is 1.46 bits per heavy atom. The van der Waals surface area contributed by atoms with Gasteiger partial charge in [-0.1, -0.05) is 54.6 Å². The van der Waals surface area contributed by atoms with Crippen LogP contribution in [-0.4, -0.2) is 35.6 Å². The summed E-state index contributed by atoms with van der Waals surface area (Å²) in [6.07, 6.45) is 1.36. The Morgan fingerprint density at radius 1 is 0.820 bits per heavy atom. The quantitative estimate of drug-likeness (QED) is 0.0716. The molecule has 6 rings (SSSR count). The number of nitrogens with zero attached hydrogens (tertiary/aromatic N) is 1. The summed E-state index contributed by atoms with van der Waals surface area (Å²) in [5.74, 6) is -6.79. The molecule has 1 heterocycles. The molecule has 0 saturated heterocycles. The third-order valence-corrected chi connectivity index (χ3v) is 8.37. The standard InChI is InChI=1S/C38H31F4N3O5/c39-25-11-12-28(30(40)19-25)36(47)29-13-14-33(46)45(37(29)43)35-31(41)20-26(21-32(35)42)49-16-6-15-44-34(22-7-2-1-3-8-22)38(48)50-27-17-23-9-4-5-10-24(23)18-27/h1-5,7-14,19-21,27,34,44H,6,15-18,43H2/t34-/m0/s1. The number of fused-ring (bicyclic) bond motifs is 1. The Morgan fingerprint density at radius 3 is 2.12 bits per heavy atom. The Balaban J connectivity index is 1.10. The van der Waals surface area contributed by atoms with Crippen LogP contribution < -0.4 is 21.3 Å².